The van der Waals surface area contributed by atoms with Crippen molar-refractivity contribution in [1.29, 1.82) is 0 Å². The highest BCUT2D eigenvalue weighted by Crippen LogP contribution is 2.39. The van der Waals surface area contributed by atoms with Gasteiger partial charge in [0, 0.05) is 27.5 Å². The fourth-order valence-electron chi connectivity index (χ4n) is 7.38. The molecule has 1 unspecified atom stereocenters. The van der Waals surface area contributed by atoms with Crippen molar-refractivity contribution >= 4 is 55.2 Å². The van der Waals surface area contributed by atoms with E-state index in [2.05, 4.69) is 151 Å². The van der Waals surface area contributed by atoms with Gasteiger partial charge >= 0.3 is 0 Å². The molecule has 0 saturated heterocycles. The summed E-state index contributed by atoms with van der Waals surface area (Å²) < 4.78 is 6.44. The number of amidine groups is 2. The van der Waals surface area contributed by atoms with Gasteiger partial charge in [-0.15, -0.1) is 0 Å². The van der Waals surface area contributed by atoms with Gasteiger partial charge in [0.05, 0.1) is 0 Å². The Morgan fingerprint density at radius 2 is 1.04 bits per heavy atom. The molecule has 240 valence electrons. The number of nitrogens with one attached hydrogen (secondary N) is 1. The van der Waals surface area contributed by atoms with Gasteiger partial charge in [-0.2, -0.15) is 0 Å². The minimum absolute atomic E-state index is 0.483. The summed E-state index contributed by atoms with van der Waals surface area (Å²) in [5, 5.41) is 10.6. The molecule has 4 heteroatoms. The largest absolute Gasteiger partial charge is 0.456 e. The van der Waals surface area contributed by atoms with Gasteiger partial charge in [0.2, 0.25) is 0 Å². The van der Waals surface area contributed by atoms with Gasteiger partial charge in [-0.3, -0.25) is 0 Å². The van der Waals surface area contributed by atoms with E-state index in [0.29, 0.717) is 0 Å². The average Bonchev–Trinajstić information content (AvgIpc) is 3.59. The van der Waals surface area contributed by atoms with Crippen LogP contribution in [0, 0.1) is 0 Å². The van der Waals surface area contributed by atoms with Crippen molar-refractivity contribution in [3.8, 4) is 22.3 Å². The van der Waals surface area contributed by atoms with Crippen LogP contribution in [0.4, 0.5) is 0 Å². The zero-order chi connectivity index (χ0) is 33.7. The van der Waals surface area contributed by atoms with Gasteiger partial charge in [-0.05, 0) is 68.1 Å². The number of nitrogens with zero attached hydrogens (tertiary/aromatic N) is 2. The van der Waals surface area contributed by atoms with Gasteiger partial charge in [-0.1, -0.05) is 152 Å². The lowest BCUT2D eigenvalue weighted by molar-refractivity contribution is 0.667. The van der Waals surface area contributed by atoms with E-state index in [1.807, 2.05) is 30.3 Å². The van der Waals surface area contributed by atoms with Crippen LogP contribution >= 0.6 is 0 Å². The van der Waals surface area contributed by atoms with Crippen LogP contribution in [0.5, 0.6) is 0 Å². The van der Waals surface area contributed by atoms with Gasteiger partial charge in [0.15, 0.2) is 6.17 Å². The molecule has 1 aromatic heterocycles. The molecular formula is C47H31N3O. The van der Waals surface area contributed by atoms with Crippen LogP contribution < -0.4 is 5.32 Å². The van der Waals surface area contributed by atoms with Crippen LogP contribution in [-0.4, -0.2) is 11.7 Å². The van der Waals surface area contributed by atoms with Crippen molar-refractivity contribution in [2.45, 2.75) is 6.17 Å². The minimum atomic E-state index is -0.483. The Bertz CT molecular complexity index is 2820. The summed E-state index contributed by atoms with van der Waals surface area (Å²) in [5.41, 5.74) is 9.35. The second-order valence-corrected chi connectivity index (χ2v) is 13.0. The molecule has 8 aromatic carbocycles. The van der Waals surface area contributed by atoms with E-state index in [0.717, 1.165) is 61.4 Å². The Kier molecular flexibility index (Phi) is 6.85. The summed E-state index contributed by atoms with van der Waals surface area (Å²) in [6.07, 6.45) is -0.483. The Hall–Kier alpha value is -6.78. The summed E-state index contributed by atoms with van der Waals surface area (Å²) >= 11 is 0. The zero-order valence-electron chi connectivity index (χ0n) is 27.6. The van der Waals surface area contributed by atoms with Crippen molar-refractivity contribution in [2.75, 3.05) is 0 Å². The number of aliphatic imine (C=N–C) groups is 2. The maximum Gasteiger partial charge on any atom is 0.170 e. The molecule has 0 amide bonds. The van der Waals surface area contributed by atoms with Crippen LogP contribution in [0.1, 0.15) is 22.9 Å². The van der Waals surface area contributed by atoms with Gasteiger partial charge in [0.1, 0.15) is 22.8 Å². The van der Waals surface area contributed by atoms with Crippen LogP contribution in [0.2, 0.25) is 0 Å². The molecule has 1 aliphatic heterocycles. The van der Waals surface area contributed by atoms with Crippen LogP contribution in [0.15, 0.2) is 190 Å². The molecule has 1 atom stereocenters. The molecule has 1 N–H and O–H groups in total. The predicted octanol–water partition coefficient (Wildman–Crippen LogP) is 11.7. The van der Waals surface area contributed by atoms with E-state index < -0.39 is 6.17 Å². The zero-order valence-corrected chi connectivity index (χ0v) is 27.6. The Balaban J connectivity index is 1.09. The van der Waals surface area contributed by atoms with Crippen molar-refractivity contribution in [2.24, 2.45) is 9.98 Å². The fourth-order valence-corrected chi connectivity index (χ4v) is 7.38. The Morgan fingerprint density at radius 3 is 1.88 bits per heavy atom. The predicted molar refractivity (Wildman–Crippen MR) is 211 cm³/mol. The van der Waals surface area contributed by atoms with Crippen LogP contribution in [0.25, 0.3) is 65.7 Å². The minimum Gasteiger partial charge on any atom is -0.456 e. The van der Waals surface area contributed by atoms with E-state index in [-0.39, 0.29) is 0 Å². The molecule has 0 radical (unpaired) electrons. The molecule has 51 heavy (non-hydrogen) atoms. The van der Waals surface area contributed by atoms with Crippen LogP contribution in [-0.2, 0) is 0 Å². The highest BCUT2D eigenvalue weighted by atomic mass is 16.3. The molecule has 0 saturated carbocycles. The fraction of sp³-hybridized carbons (Fsp3) is 0.0213. The quantitative estimate of drug-likeness (QED) is 0.201. The van der Waals surface area contributed by atoms with Gasteiger partial charge < -0.3 is 9.73 Å². The molecule has 0 fully saturated rings. The van der Waals surface area contributed by atoms with Crippen LogP contribution in [0.3, 0.4) is 0 Å². The number of furan rings is 1. The van der Waals surface area contributed by atoms with Gasteiger partial charge in [-0.25, -0.2) is 9.98 Å². The number of hydrogen-bond acceptors (Lipinski definition) is 4. The molecular weight excluding hydrogens is 623 g/mol. The summed E-state index contributed by atoms with van der Waals surface area (Å²) in [6.45, 7) is 0. The average molecular weight is 654 g/mol. The third-order valence-electron chi connectivity index (χ3n) is 9.93. The van der Waals surface area contributed by atoms with E-state index >= 15 is 0 Å². The monoisotopic (exact) mass is 653 g/mol. The third-order valence-corrected chi connectivity index (χ3v) is 9.93. The molecule has 9 aromatic rings. The first-order chi connectivity index (χ1) is 25.2. The number of rotatable bonds is 5. The highest BCUT2D eigenvalue weighted by molar-refractivity contribution is 6.16. The first kappa shape index (κ1) is 29.2. The lowest BCUT2D eigenvalue weighted by Gasteiger charge is -2.23. The molecule has 1 aliphatic rings. The second kappa shape index (κ2) is 12.0. The normalized spacial score (nSPS) is 14.5. The Labute approximate surface area is 295 Å². The first-order valence-electron chi connectivity index (χ1n) is 17.3. The molecule has 0 aliphatic carbocycles. The second-order valence-electron chi connectivity index (χ2n) is 13.0. The summed E-state index contributed by atoms with van der Waals surface area (Å²) in [5.74, 6) is 1.56. The molecule has 4 nitrogen and oxygen atoms in total. The smallest absolute Gasteiger partial charge is 0.170 e. The van der Waals surface area contributed by atoms with E-state index in [1.165, 1.54) is 32.7 Å². The van der Waals surface area contributed by atoms with Crippen molar-refractivity contribution < 1.29 is 4.42 Å². The molecule has 10 rings (SSSR count). The Morgan fingerprint density at radius 1 is 0.412 bits per heavy atom. The maximum absolute atomic E-state index is 6.44. The molecule has 0 bridgehead atoms. The van der Waals surface area contributed by atoms with Crippen molar-refractivity contribution in [3.05, 3.63) is 193 Å². The summed E-state index contributed by atoms with van der Waals surface area (Å²) in [4.78, 5) is 10.5. The number of hydrogen-bond donors (Lipinski definition) is 1. The lowest BCUT2D eigenvalue weighted by Crippen LogP contribution is -2.36. The maximum atomic E-state index is 6.44. The topological polar surface area (TPSA) is 49.9 Å². The summed E-state index contributed by atoms with van der Waals surface area (Å²) in [6, 6.07) is 61.7. The molecule has 2 heterocycles. The lowest BCUT2D eigenvalue weighted by atomic mass is 9.97. The summed E-state index contributed by atoms with van der Waals surface area (Å²) in [7, 11) is 0. The van der Waals surface area contributed by atoms with Crippen molar-refractivity contribution in [3.63, 3.8) is 0 Å². The number of benzene rings is 8. The third kappa shape index (κ3) is 5.17. The standard InChI is InChI=1S/C47H31N3O/c1-2-12-33(13-3-1)45-48-46(34-23-21-32(22-24-34)39-17-8-15-31-11-6-7-16-38(31)39)50-47(49-45)40-18-9-19-43-44(40)41-29-37(26-27-42(41)51-43)36-25-20-30-10-4-5-14-35(30)28-36/h1-29,47H,(H,48,49,50). The van der Waals surface area contributed by atoms with E-state index in [4.69, 9.17) is 14.4 Å². The van der Waals surface area contributed by atoms with Gasteiger partial charge in [0.25, 0.3) is 0 Å². The van der Waals surface area contributed by atoms with Crippen molar-refractivity contribution in [1.82, 2.24) is 5.32 Å². The van der Waals surface area contributed by atoms with E-state index in [1.54, 1.807) is 0 Å². The molecule has 0 spiro atoms. The SMILES string of the molecule is c1ccc(C2=NC(c3cccc4oc5ccc(-c6ccc7ccccc7c6)cc5c34)N=C(c3ccc(-c4cccc5ccccc45)cc3)N2)cc1. The highest BCUT2D eigenvalue weighted by Gasteiger charge is 2.24. The first-order valence-corrected chi connectivity index (χ1v) is 17.3. The number of fused-ring (bicyclic) bond motifs is 5. The van der Waals surface area contributed by atoms with E-state index in [9.17, 15) is 0 Å².